The smallest absolute Gasteiger partial charge is 0.337 e. The van der Waals surface area contributed by atoms with Crippen LogP contribution >= 0.6 is 0 Å². The molecular weight excluding hydrogens is 521 g/mol. The summed E-state index contributed by atoms with van der Waals surface area (Å²) >= 11 is 0. The van der Waals surface area contributed by atoms with Crippen LogP contribution in [0.4, 0.5) is 27.9 Å². The van der Waals surface area contributed by atoms with E-state index in [-0.39, 0.29) is 18.3 Å². The van der Waals surface area contributed by atoms with E-state index in [0.717, 1.165) is 22.8 Å². The van der Waals surface area contributed by atoms with Crippen molar-refractivity contribution in [1.82, 2.24) is 29.3 Å². The largest absolute Gasteiger partial charge is 0.404 e. The highest BCUT2D eigenvalue weighted by atomic mass is 19.3. The Balaban J connectivity index is 1.59. The summed E-state index contributed by atoms with van der Waals surface area (Å²) in [6.07, 6.45) is 6.13. The predicted octanol–water partition coefficient (Wildman–Crippen LogP) is 4.37. The highest BCUT2D eigenvalue weighted by Gasteiger charge is 2.47. The van der Waals surface area contributed by atoms with Crippen molar-refractivity contribution < 1.29 is 22.0 Å². The molecule has 0 radical (unpaired) electrons. The van der Waals surface area contributed by atoms with E-state index in [1.165, 1.54) is 12.3 Å². The molecule has 0 aliphatic carbocycles. The minimum Gasteiger partial charge on any atom is -0.404 e. The second-order valence-corrected chi connectivity index (χ2v) is 8.78. The standard InChI is InChI=1S/C25H22F5N9/c1-13-10-33-24(34-19(32-2)6-7-31)35-21(13)14-8-18-22-36-37-23(39(22)15(9-26)12-38(18)11-14)25(29,30)20-16(27)4-3-5-17(20)28/h3-8,10-11,15H,9,12,31H2,1-2H3,(H,32,33,34,35)/t15-/m0/s1. The maximum atomic E-state index is 15.5. The number of amidine groups is 1. The summed E-state index contributed by atoms with van der Waals surface area (Å²) in [6, 6.07) is 2.92. The maximum Gasteiger partial charge on any atom is 0.337 e. The topological polar surface area (TPSA) is 112 Å². The molecule has 202 valence electrons. The molecule has 1 aliphatic rings. The SMILES string of the molecule is CN=C(C=CN)Nc1ncc(C)c(-c2cc3n(c2)C[C@H](CF)n2c-3nnc2C(F)(F)c2c(F)cccc2F)n1. The van der Waals surface area contributed by atoms with Gasteiger partial charge in [0.15, 0.2) is 5.82 Å². The molecule has 3 aromatic heterocycles. The van der Waals surface area contributed by atoms with Crippen molar-refractivity contribution in [2.45, 2.75) is 25.4 Å². The molecule has 9 nitrogen and oxygen atoms in total. The van der Waals surface area contributed by atoms with Crippen molar-refractivity contribution in [2.24, 2.45) is 10.7 Å². The number of aliphatic imine (C=N–C) groups is 1. The van der Waals surface area contributed by atoms with Gasteiger partial charge in [-0.3, -0.25) is 9.56 Å². The summed E-state index contributed by atoms with van der Waals surface area (Å²) in [5.41, 5.74) is 6.11. The summed E-state index contributed by atoms with van der Waals surface area (Å²) in [7, 11) is 1.56. The number of nitrogens with one attached hydrogen (secondary N) is 1. The minimum atomic E-state index is -4.22. The number of hydrogen-bond donors (Lipinski definition) is 2. The van der Waals surface area contributed by atoms with Crippen molar-refractivity contribution in [3.05, 3.63) is 77.5 Å². The third-order valence-corrected chi connectivity index (χ3v) is 6.31. The van der Waals surface area contributed by atoms with Crippen LogP contribution in [-0.2, 0) is 12.5 Å². The number of hydrogen-bond acceptors (Lipinski definition) is 6. The molecule has 0 saturated carbocycles. The van der Waals surface area contributed by atoms with E-state index in [1.807, 2.05) is 0 Å². The Kier molecular flexibility index (Phi) is 6.62. The number of anilines is 1. The second-order valence-electron chi connectivity index (χ2n) is 8.78. The molecule has 4 heterocycles. The Morgan fingerprint density at radius 1 is 1.26 bits per heavy atom. The number of halogens is 5. The van der Waals surface area contributed by atoms with Gasteiger partial charge in [0, 0.05) is 31.5 Å². The Bertz CT molecular complexity index is 1590. The molecule has 4 aromatic rings. The molecule has 14 heteroatoms. The highest BCUT2D eigenvalue weighted by molar-refractivity contribution is 6.02. The van der Waals surface area contributed by atoms with Gasteiger partial charge >= 0.3 is 5.92 Å². The van der Waals surface area contributed by atoms with E-state index in [9.17, 15) is 13.2 Å². The summed E-state index contributed by atoms with van der Waals surface area (Å²) in [5, 5.41) is 10.4. The van der Waals surface area contributed by atoms with Gasteiger partial charge in [-0.2, -0.15) is 8.78 Å². The molecule has 0 amide bonds. The van der Waals surface area contributed by atoms with Crippen LogP contribution in [-0.4, -0.2) is 48.9 Å². The van der Waals surface area contributed by atoms with Crippen molar-refractivity contribution in [1.29, 1.82) is 0 Å². The zero-order valence-electron chi connectivity index (χ0n) is 20.7. The Morgan fingerprint density at radius 2 is 2.00 bits per heavy atom. The molecule has 5 rings (SSSR count). The summed E-state index contributed by atoms with van der Waals surface area (Å²) in [6.45, 7) is 0.691. The van der Waals surface area contributed by atoms with Crippen LogP contribution in [0.1, 0.15) is 23.0 Å². The normalized spacial score (nSPS) is 15.5. The van der Waals surface area contributed by atoms with Crippen molar-refractivity contribution in [3.8, 4) is 22.8 Å². The van der Waals surface area contributed by atoms with E-state index in [1.54, 1.807) is 37.0 Å². The third kappa shape index (κ3) is 4.41. The lowest BCUT2D eigenvalue weighted by Crippen LogP contribution is -2.31. The fourth-order valence-corrected chi connectivity index (χ4v) is 4.51. The summed E-state index contributed by atoms with van der Waals surface area (Å²) < 4.78 is 76.3. The first-order chi connectivity index (χ1) is 18.7. The lowest BCUT2D eigenvalue weighted by atomic mass is 10.1. The first-order valence-corrected chi connectivity index (χ1v) is 11.7. The summed E-state index contributed by atoms with van der Waals surface area (Å²) in [4.78, 5) is 12.8. The predicted molar refractivity (Wildman–Crippen MR) is 134 cm³/mol. The van der Waals surface area contributed by atoms with Gasteiger partial charge in [0.05, 0.1) is 17.4 Å². The first kappa shape index (κ1) is 26.0. The van der Waals surface area contributed by atoms with E-state index in [2.05, 4.69) is 30.5 Å². The van der Waals surface area contributed by atoms with Gasteiger partial charge in [-0.15, -0.1) is 10.2 Å². The molecule has 0 fully saturated rings. The molecule has 3 N–H and O–H groups in total. The number of nitrogens with zero attached hydrogens (tertiary/aromatic N) is 7. The quantitative estimate of drug-likeness (QED) is 0.212. The van der Waals surface area contributed by atoms with Gasteiger partial charge in [-0.05, 0) is 43.0 Å². The van der Waals surface area contributed by atoms with Gasteiger partial charge in [0.2, 0.25) is 11.8 Å². The lowest BCUT2D eigenvalue weighted by Gasteiger charge is -2.28. The third-order valence-electron chi connectivity index (χ3n) is 6.31. The number of nitrogens with two attached hydrogens (primary N) is 1. The Labute approximate surface area is 218 Å². The van der Waals surface area contributed by atoms with Crippen LogP contribution in [0, 0.1) is 18.6 Å². The molecule has 1 atom stereocenters. The highest BCUT2D eigenvalue weighted by Crippen LogP contribution is 2.42. The number of aromatic nitrogens is 6. The second kappa shape index (κ2) is 9.93. The monoisotopic (exact) mass is 543 g/mol. The zero-order valence-corrected chi connectivity index (χ0v) is 20.7. The molecule has 1 aromatic carbocycles. The van der Waals surface area contributed by atoms with Crippen LogP contribution in [0.3, 0.4) is 0 Å². The number of alkyl halides is 3. The summed E-state index contributed by atoms with van der Waals surface area (Å²) in [5.74, 6) is -7.58. The van der Waals surface area contributed by atoms with Crippen molar-refractivity contribution in [2.75, 3.05) is 19.0 Å². The van der Waals surface area contributed by atoms with Crippen LogP contribution in [0.15, 0.2) is 53.9 Å². The lowest BCUT2D eigenvalue weighted by molar-refractivity contribution is 0.0183. The van der Waals surface area contributed by atoms with E-state index >= 15 is 8.78 Å². The number of benzene rings is 1. The molecule has 0 spiro atoms. The molecule has 0 unspecified atom stereocenters. The van der Waals surface area contributed by atoms with E-state index in [0.29, 0.717) is 28.4 Å². The molecular formula is C25H22F5N9. The Hall–Kier alpha value is -4.62. The van der Waals surface area contributed by atoms with E-state index in [4.69, 9.17) is 5.73 Å². The van der Waals surface area contributed by atoms with Gasteiger partial charge in [-0.25, -0.2) is 23.1 Å². The molecule has 0 saturated heterocycles. The molecule has 0 bridgehead atoms. The van der Waals surface area contributed by atoms with E-state index < -0.39 is 41.7 Å². The van der Waals surface area contributed by atoms with Gasteiger partial charge < -0.3 is 15.6 Å². The first-order valence-electron chi connectivity index (χ1n) is 11.7. The molecule has 39 heavy (non-hydrogen) atoms. The van der Waals surface area contributed by atoms with Crippen LogP contribution < -0.4 is 11.1 Å². The van der Waals surface area contributed by atoms with Crippen molar-refractivity contribution in [3.63, 3.8) is 0 Å². The number of fused-ring (bicyclic) bond motifs is 3. The van der Waals surface area contributed by atoms with Crippen LogP contribution in [0.25, 0.3) is 22.8 Å². The maximum absolute atomic E-state index is 15.5. The number of rotatable bonds is 6. The van der Waals surface area contributed by atoms with Gasteiger partial charge in [0.1, 0.15) is 29.7 Å². The van der Waals surface area contributed by atoms with Crippen LogP contribution in [0.2, 0.25) is 0 Å². The van der Waals surface area contributed by atoms with Gasteiger partial charge in [-0.1, -0.05) is 6.07 Å². The fourth-order valence-electron chi connectivity index (χ4n) is 4.51. The molecule has 1 aliphatic heterocycles. The average Bonchev–Trinajstić information content (AvgIpc) is 3.53. The fraction of sp³-hybridized carbons (Fsp3) is 0.240. The minimum absolute atomic E-state index is 0.0527. The Morgan fingerprint density at radius 3 is 2.67 bits per heavy atom. The zero-order chi connectivity index (χ0) is 27.9. The average molecular weight is 544 g/mol. The number of aryl methyl sites for hydroxylation is 1. The van der Waals surface area contributed by atoms with Gasteiger partial charge in [0.25, 0.3) is 0 Å². The van der Waals surface area contributed by atoms with Crippen molar-refractivity contribution >= 4 is 11.8 Å². The van der Waals surface area contributed by atoms with Crippen LogP contribution in [0.5, 0.6) is 0 Å².